The second kappa shape index (κ2) is 8.32. The summed E-state index contributed by atoms with van der Waals surface area (Å²) in [5.74, 6) is -0.194. The van der Waals surface area contributed by atoms with E-state index in [1.165, 1.54) is 5.56 Å². The van der Waals surface area contributed by atoms with Crippen LogP contribution >= 0.6 is 0 Å². The standard InChI is InChI=1S/C15H23N3O2/c1-4-12-7-6-8-13(9-12)17-15(20)11-18(3)10-14(19)16-5-2/h6-9H,4-5,10-11H2,1-3H3,(H,16,19)(H,17,20). The predicted molar refractivity (Wildman–Crippen MR) is 80.6 cm³/mol. The van der Waals surface area contributed by atoms with Crippen LogP contribution in [0.15, 0.2) is 24.3 Å². The Morgan fingerprint density at radius 1 is 1.15 bits per heavy atom. The molecule has 0 spiro atoms. The third kappa shape index (κ3) is 5.84. The zero-order valence-electron chi connectivity index (χ0n) is 12.4. The van der Waals surface area contributed by atoms with E-state index in [-0.39, 0.29) is 24.9 Å². The van der Waals surface area contributed by atoms with Gasteiger partial charge in [-0.3, -0.25) is 14.5 Å². The van der Waals surface area contributed by atoms with Crippen molar-refractivity contribution < 1.29 is 9.59 Å². The molecule has 0 aliphatic heterocycles. The number of amides is 2. The Morgan fingerprint density at radius 2 is 1.85 bits per heavy atom. The molecule has 20 heavy (non-hydrogen) atoms. The zero-order valence-corrected chi connectivity index (χ0v) is 12.4. The van der Waals surface area contributed by atoms with Crippen LogP contribution in [0.4, 0.5) is 5.69 Å². The Morgan fingerprint density at radius 3 is 2.50 bits per heavy atom. The highest BCUT2D eigenvalue weighted by molar-refractivity contribution is 5.92. The van der Waals surface area contributed by atoms with Crippen molar-refractivity contribution in [3.05, 3.63) is 29.8 Å². The van der Waals surface area contributed by atoms with E-state index in [1.807, 2.05) is 31.2 Å². The topological polar surface area (TPSA) is 61.4 Å². The van der Waals surface area contributed by atoms with Gasteiger partial charge in [0.05, 0.1) is 13.1 Å². The molecular weight excluding hydrogens is 254 g/mol. The molecular formula is C15H23N3O2. The van der Waals surface area contributed by atoms with Gasteiger partial charge in [0.15, 0.2) is 0 Å². The third-order valence-corrected chi connectivity index (χ3v) is 2.82. The lowest BCUT2D eigenvalue weighted by Crippen LogP contribution is -2.38. The summed E-state index contributed by atoms with van der Waals surface area (Å²) in [5, 5.41) is 5.54. The molecule has 0 unspecified atom stereocenters. The van der Waals surface area contributed by atoms with E-state index in [1.54, 1.807) is 11.9 Å². The molecule has 2 N–H and O–H groups in total. The summed E-state index contributed by atoms with van der Waals surface area (Å²) in [5.41, 5.74) is 1.97. The molecule has 0 saturated heterocycles. The van der Waals surface area contributed by atoms with Gasteiger partial charge >= 0.3 is 0 Å². The van der Waals surface area contributed by atoms with Crippen LogP contribution in [0.5, 0.6) is 0 Å². The minimum Gasteiger partial charge on any atom is -0.355 e. The number of likely N-dealkylation sites (N-methyl/N-ethyl adjacent to an activating group) is 2. The molecule has 0 radical (unpaired) electrons. The number of nitrogens with one attached hydrogen (secondary N) is 2. The van der Waals surface area contributed by atoms with Gasteiger partial charge in [-0.2, -0.15) is 0 Å². The van der Waals surface area contributed by atoms with Crippen LogP contribution in [0.1, 0.15) is 19.4 Å². The fourth-order valence-electron chi connectivity index (χ4n) is 1.87. The number of carbonyl (C=O) groups is 2. The molecule has 0 saturated carbocycles. The summed E-state index contributed by atoms with van der Waals surface area (Å²) in [6.07, 6.45) is 0.931. The number of hydrogen-bond donors (Lipinski definition) is 2. The number of carbonyl (C=O) groups excluding carboxylic acids is 2. The summed E-state index contributed by atoms with van der Waals surface area (Å²) in [6.45, 7) is 4.94. The Labute approximate surface area is 120 Å². The Hall–Kier alpha value is -1.88. The number of rotatable bonds is 7. The van der Waals surface area contributed by atoms with E-state index in [4.69, 9.17) is 0 Å². The molecule has 5 heteroatoms. The number of benzene rings is 1. The zero-order chi connectivity index (χ0) is 15.0. The molecule has 5 nitrogen and oxygen atoms in total. The Bertz CT molecular complexity index is 460. The first-order valence-electron chi connectivity index (χ1n) is 6.89. The van der Waals surface area contributed by atoms with Gasteiger partial charge in [0.2, 0.25) is 11.8 Å². The van der Waals surface area contributed by atoms with Crippen LogP contribution in [0, 0.1) is 0 Å². The van der Waals surface area contributed by atoms with Gasteiger partial charge in [0.25, 0.3) is 0 Å². The first-order valence-corrected chi connectivity index (χ1v) is 6.89. The second-order valence-electron chi connectivity index (χ2n) is 4.73. The van der Waals surface area contributed by atoms with Gasteiger partial charge in [0, 0.05) is 12.2 Å². The largest absolute Gasteiger partial charge is 0.355 e. The summed E-state index contributed by atoms with van der Waals surface area (Å²) in [6, 6.07) is 7.77. The van der Waals surface area contributed by atoms with Gasteiger partial charge in [-0.15, -0.1) is 0 Å². The maximum atomic E-state index is 11.9. The van der Waals surface area contributed by atoms with Crippen LogP contribution < -0.4 is 10.6 Å². The maximum Gasteiger partial charge on any atom is 0.238 e. The lowest BCUT2D eigenvalue weighted by molar-refractivity contribution is -0.122. The number of aryl methyl sites for hydroxylation is 1. The summed E-state index contributed by atoms with van der Waals surface area (Å²) < 4.78 is 0. The fraction of sp³-hybridized carbons (Fsp3) is 0.467. The van der Waals surface area contributed by atoms with E-state index in [0.717, 1.165) is 12.1 Å². The van der Waals surface area contributed by atoms with Crippen molar-refractivity contribution in [1.82, 2.24) is 10.2 Å². The van der Waals surface area contributed by atoms with Crippen molar-refractivity contribution in [2.24, 2.45) is 0 Å². The molecule has 1 rings (SSSR count). The molecule has 1 aromatic rings. The van der Waals surface area contributed by atoms with Crippen molar-refractivity contribution in [3.63, 3.8) is 0 Å². The van der Waals surface area contributed by atoms with Gasteiger partial charge < -0.3 is 10.6 Å². The van der Waals surface area contributed by atoms with Crippen molar-refractivity contribution in [3.8, 4) is 0 Å². The van der Waals surface area contributed by atoms with E-state index in [9.17, 15) is 9.59 Å². The van der Waals surface area contributed by atoms with Gasteiger partial charge in [-0.25, -0.2) is 0 Å². The van der Waals surface area contributed by atoms with Crippen LogP contribution in [-0.2, 0) is 16.0 Å². The quantitative estimate of drug-likeness (QED) is 0.788. The number of hydrogen-bond acceptors (Lipinski definition) is 3. The third-order valence-electron chi connectivity index (χ3n) is 2.82. The molecule has 0 atom stereocenters. The average Bonchev–Trinajstić information content (AvgIpc) is 2.38. The summed E-state index contributed by atoms with van der Waals surface area (Å²) >= 11 is 0. The van der Waals surface area contributed by atoms with E-state index >= 15 is 0 Å². The highest BCUT2D eigenvalue weighted by atomic mass is 16.2. The first kappa shape index (κ1) is 16.2. The molecule has 1 aromatic carbocycles. The number of anilines is 1. The average molecular weight is 277 g/mol. The van der Waals surface area contributed by atoms with Gasteiger partial charge in [-0.1, -0.05) is 19.1 Å². The van der Waals surface area contributed by atoms with Crippen LogP contribution in [0.3, 0.4) is 0 Å². The molecule has 0 fully saturated rings. The van der Waals surface area contributed by atoms with Crippen LogP contribution in [-0.4, -0.2) is 43.4 Å². The minimum absolute atomic E-state index is 0.0734. The van der Waals surface area contributed by atoms with Crippen LogP contribution in [0.2, 0.25) is 0 Å². The van der Waals surface area contributed by atoms with Crippen LogP contribution in [0.25, 0.3) is 0 Å². The highest BCUT2D eigenvalue weighted by Gasteiger charge is 2.10. The maximum absolute atomic E-state index is 11.9. The van der Waals surface area contributed by atoms with Crippen molar-refractivity contribution in [1.29, 1.82) is 0 Å². The highest BCUT2D eigenvalue weighted by Crippen LogP contribution is 2.10. The normalized spacial score (nSPS) is 10.4. The van der Waals surface area contributed by atoms with Gasteiger partial charge in [0.1, 0.15) is 0 Å². The molecule has 2 amide bonds. The first-order chi connectivity index (χ1) is 9.55. The second-order valence-corrected chi connectivity index (χ2v) is 4.73. The molecule has 0 aliphatic rings. The summed E-state index contributed by atoms with van der Waals surface area (Å²) in [4.78, 5) is 25.0. The number of nitrogens with zero attached hydrogens (tertiary/aromatic N) is 1. The smallest absolute Gasteiger partial charge is 0.238 e. The lowest BCUT2D eigenvalue weighted by Gasteiger charge is -2.15. The SMILES string of the molecule is CCNC(=O)CN(C)CC(=O)Nc1cccc(CC)c1. The minimum atomic E-state index is -0.120. The van der Waals surface area contributed by atoms with E-state index in [2.05, 4.69) is 17.6 Å². The van der Waals surface area contributed by atoms with Crippen molar-refractivity contribution in [2.45, 2.75) is 20.3 Å². The van der Waals surface area contributed by atoms with Crippen molar-refractivity contribution in [2.75, 3.05) is 32.0 Å². The molecule has 0 heterocycles. The predicted octanol–water partition coefficient (Wildman–Crippen LogP) is 1.26. The molecule has 0 aliphatic carbocycles. The lowest BCUT2D eigenvalue weighted by atomic mass is 10.1. The monoisotopic (exact) mass is 277 g/mol. The summed E-state index contributed by atoms with van der Waals surface area (Å²) in [7, 11) is 1.75. The Balaban J connectivity index is 2.44. The Kier molecular flexibility index (Phi) is 6.73. The van der Waals surface area contributed by atoms with E-state index < -0.39 is 0 Å². The van der Waals surface area contributed by atoms with Gasteiger partial charge in [-0.05, 0) is 38.1 Å². The van der Waals surface area contributed by atoms with Crippen molar-refractivity contribution >= 4 is 17.5 Å². The molecule has 110 valence electrons. The molecule has 0 aromatic heterocycles. The van der Waals surface area contributed by atoms with E-state index in [0.29, 0.717) is 6.54 Å². The molecule has 0 bridgehead atoms. The fourth-order valence-corrected chi connectivity index (χ4v) is 1.87.